The van der Waals surface area contributed by atoms with Crippen molar-refractivity contribution >= 4 is 11.6 Å². The monoisotopic (exact) mass is 422 g/mol. The van der Waals surface area contributed by atoms with E-state index in [-0.39, 0.29) is 6.04 Å². The summed E-state index contributed by atoms with van der Waals surface area (Å²) in [5, 5.41) is 6.94. The molecule has 0 aliphatic carbocycles. The van der Waals surface area contributed by atoms with Gasteiger partial charge in [0.05, 0.1) is 25.8 Å². The molecule has 2 N–H and O–H groups in total. The van der Waals surface area contributed by atoms with Gasteiger partial charge in [0, 0.05) is 37.3 Å². The first-order chi connectivity index (χ1) is 15.2. The van der Waals surface area contributed by atoms with Gasteiger partial charge in [0.2, 0.25) is 0 Å². The van der Waals surface area contributed by atoms with Crippen LogP contribution in [0.25, 0.3) is 0 Å². The minimum atomic E-state index is 0.146. The van der Waals surface area contributed by atoms with Crippen LogP contribution in [0.4, 0.5) is 5.69 Å². The molecule has 31 heavy (non-hydrogen) atoms. The molecular weight excluding hydrogens is 388 g/mol. The second-order valence-corrected chi connectivity index (χ2v) is 8.15. The quantitative estimate of drug-likeness (QED) is 0.538. The molecule has 166 valence electrons. The molecule has 1 fully saturated rings. The average Bonchev–Trinajstić information content (AvgIpc) is 3.23. The zero-order valence-corrected chi connectivity index (χ0v) is 18.7. The number of hydrogen-bond donors (Lipinski definition) is 2. The van der Waals surface area contributed by atoms with E-state index in [0.29, 0.717) is 19.8 Å². The van der Waals surface area contributed by atoms with Crippen molar-refractivity contribution < 1.29 is 9.47 Å². The second kappa shape index (κ2) is 10.4. The Labute approximate surface area is 185 Å². The lowest BCUT2D eigenvalue weighted by Gasteiger charge is -2.22. The molecule has 0 aromatic heterocycles. The highest BCUT2D eigenvalue weighted by Gasteiger charge is 2.16. The largest absolute Gasteiger partial charge is 0.490 e. The number of fused-ring (bicyclic) bond motifs is 1. The molecule has 6 nitrogen and oxygen atoms in total. The highest BCUT2D eigenvalue weighted by Crippen LogP contribution is 2.33. The zero-order valence-electron chi connectivity index (χ0n) is 18.7. The first-order valence-electron chi connectivity index (χ1n) is 11.5. The van der Waals surface area contributed by atoms with E-state index in [4.69, 9.17) is 14.5 Å². The van der Waals surface area contributed by atoms with E-state index in [2.05, 4.69) is 59.7 Å². The van der Waals surface area contributed by atoms with Gasteiger partial charge >= 0.3 is 0 Å². The molecular formula is C25H34N4O2. The SMILES string of the molecule is CCNC(=NCc1cccc2c1OCCCO2)NC(C)c1cccc(N2CCCC2)c1. The van der Waals surface area contributed by atoms with Crippen molar-refractivity contribution in [3.63, 3.8) is 0 Å². The van der Waals surface area contributed by atoms with Gasteiger partial charge in [0.1, 0.15) is 0 Å². The Balaban J connectivity index is 1.47. The van der Waals surface area contributed by atoms with Gasteiger partial charge in [0.15, 0.2) is 17.5 Å². The summed E-state index contributed by atoms with van der Waals surface area (Å²) >= 11 is 0. The van der Waals surface area contributed by atoms with Gasteiger partial charge in [0.25, 0.3) is 0 Å². The fourth-order valence-electron chi connectivity index (χ4n) is 4.12. The molecule has 0 spiro atoms. The predicted molar refractivity (Wildman–Crippen MR) is 126 cm³/mol. The van der Waals surface area contributed by atoms with Crippen LogP contribution in [0.1, 0.15) is 50.3 Å². The number of guanidine groups is 1. The Bertz CT molecular complexity index is 893. The maximum absolute atomic E-state index is 5.94. The minimum absolute atomic E-state index is 0.146. The van der Waals surface area contributed by atoms with E-state index >= 15 is 0 Å². The summed E-state index contributed by atoms with van der Waals surface area (Å²) in [5.74, 6) is 2.44. The van der Waals surface area contributed by atoms with Gasteiger partial charge in [-0.2, -0.15) is 0 Å². The number of benzene rings is 2. The highest BCUT2D eigenvalue weighted by atomic mass is 16.5. The highest BCUT2D eigenvalue weighted by molar-refractivity contribution is 5.80. The number of nitrogens with zero attached hydrogens (tertiary/aromatic N) is 2. The first-order valence-corrected chi connectivity index (χ1v) is 11.5. The van der Waals surface area contributed by atoms with Gasteiger partial charge in [-0.3, -0.25) is 0 Å². The third-order valence-corrected chi connectivity index (χ3v) is 5.80. The molecule has 2 aromatic carbocycles. The van der Waals surface area contributed by atoms with Crippen molar-refractivity contribution in [2.24, 2.45) is 4.99 Å². The van der Waals surface area contributed by atoms with Crippen molar-refractivity contribution in [2.45, 2.75) is 45.7 Å². The van der Waals surface area contributed by atoms with Crippen LogP contribution in [-0.4, -0.2) is 38.8 Å². The standard InChI is InChI=1S/C25H34N4O2/c1-3-26-25(27-18-21-10-7-12-23-24(21)31-16-8-15-30-23)28-19(2)20-9-6-11-22(17-20)29-13-4-5-14-29/h6-7,9-12,17,19H,3-5,8,13-16,18H2,1-2H3,(H2,26,27,28). The Morgan fingerprint density at radius 3 is 2.71 bits per heavy atom. The Kier molecular flexibility index (Phi) is 7.18. The van der Waals surface area contributed by atoms with E-state index in [1.807, 2.05) is 12.1 Å². The van der Waals surface area contributed by atoms with E-state index in [1.54, 1.807) is 0 Å². The summed E-state index contributed by atoms with van der Waals surface area (Å²) in [7, 11) is 0. The molecule has 0 saturated carbocycles. The minimum Gasteiger partial charge on any atom is -0.490 e. The topological polar surface area (TPSA) is 58.1 Å². The first kappa shape index (κ1) is 21.3. The normalized spacial score (nSPS) is 17.2. The third kappa shape index (κ3) is 5.43. The smallest absolute Gasteiger partial charge is 0.192 e. The van der Waals surface area contributed by atoms with E-state index in [0.717, 1.165) is 49.1 Å². The summed E-state index contributed by atoms with van der Waals surface area (Å²) in [4.78, 5) is 7.31. The van der Waals surface area contributed by atoms with Crippen molar-refractivity contribution in [1.29, 1.82) is 0 Å². The zero-order chi connectivity index (χ0) is 21.5. The molecule has 2 aromatic rings. The van der Waals surface area contributed by atoms with Crippen molar-refractivity contribution in [3.05, 3.63) is 53.6 Å². The van der Waals surface area contributed by atoms with Crippen LogP contribution in [0.2, 0.25) is 0 Å². The van der Waals surface area contributed by atoms with Crippen molar-refractivity contribution in [1.82, 2.24) is 10.6 Å². The van der Waals surface area contributed by atoms with Gasteiger partial charge in [-0.15, -0.1) is 0 Å². The molecule has 2 aliphatic heterocycles. The molecule has 1 unspecified atom stereocenters. The second-order valence-electron chi connectivity index (χ2n) is 8.15. The number of hydrogen-bond acceptors (Lipinski definition) is 4. The Morgan fingerprint density at radius 2 is 1.87 bits per heavy atom. The Hall–Kier alpha value is -2.89. The third-order valence-electron chi connectivity index (χ3n) is 5.80. The molecule has 6 heteroatoms. The predicted octanol–water partition coefficient (Wildman–Crippen LogP) is 4.26. The number of rotatable bonds is 6. The van der Waals surface area contributed by atoms with Gasteiger partial charge in [-0.25, -0.2) is 4.99 Å². The molecule has 2 heterocycles. The molecule has 1 atom stereocenters. The van der Waals surface area contributed by atoms with Crippen LogP contribution in [0, 0.1) is 0 Å². The van der Waals surface area contributed by atoms with E-state index in [9.17, 15) is 0 Å². The number of ether oxygens (including phenoxy) is 2. The average molecular weight is 423 g/mol. The number of anilines is 1. The maximum Gasteiger partial charge on any atom is 0.192 e. The van der Waals surface area contributed by atoms with Crippen molar-refractivity contribution in [2.75, 3.05) is 37.7 Å². The summed E-state index contributed by atoms with van der Waals surface area (Å²) in [5.41, 5.74) is 3.62. The van der Waals surface area contributed by atoms with E-state index < -0.39 is 0 Å². The lowest BCUT2D eigenvalue weighted by molar-refractivity contribution is 0.296. The maximum atomic E-state index is 5.94. The van der Waals surface area contributed by atoms with Crippen LogP contribution < -0.4 is 25.0 Å². The van der Waals surface area contributed by atoms with Crippen LogP contribution in [0.3, 0.4) is 0 Å². The van der Waals surface area contributed by atoms with Gasteiger partial charge in [-0.1, -0.05) is 24.3 Å². The van der Waals surface area contributed by atoms with Crippen LogP contribution >= 0.6 is 0 Å². The number of nitrogens with one attached hydrogen (secondary N) is 2. The summed E-state index contributed by atoms with van der Waals surface area (Å²) < 4.78 is 11.8. The summed E-state index contributed by atoms with van der Waals surface area (Å²) in [6.45, 7) is 9.28. The number of aliphatic imine (C=N–C) groups is 1. The van der Waals surface area contributed by atoms with Crippen LogP contribution in [0.5, 0.6) is 11.5 Å². The molecule has 2 aliphatic rings. The molecule has 0 bridgehead atoms. The fraction of sp³-hybridized carbons (Fsp3) is 0.480. The summed E-state index contributed by atoms with van der Waals surface area (Å²) in [6.07, 6.45) is 3.47. The van der Waals surface area contributed by atoms with Crippen molar-refractivity contribution in [3.8, 4) is 11.5 Å². The fourth-order valence-corrected chi connectivity index (χ4v) is 4.12. The summed E-state index contributed by atoms with van der Waals surface area (Å²) in [6, 6.07) is 15.0. The van der Waals surface area contributed by atoms with E-state index in [1.165, 1.54) is 24.1 Å². The molecule has 0 amide bonds. The molecule has 0 radical (unpaired) electrons. The van der Waals surface area contributed by atoms with Gasteiger partial charge < -0.3 is 25.0 Å². The van der Waals surface area contributed by atoms with Crippen LogP contribution in [-0.2, 0) is 6.54 Å². The number of para-hydroxylation sites is 1. The van der Waals surface area contributed by atoms with Crippen LogP contribution in [0.15, 0.2) is 47.5 Å². The molecule has 4 rings (SSSR count). The Morgan fingerprint density at radius 1 is 1.06 bits per heavy atom. The lowest BCUT2D eigenvalue weighted by atomic mass is 10.1. The molecule has 1 saturated heterocycles. The van der Waals surface area contributed by atoms with Gasteiger partial charge in [-0.05, 0) is 50.5 Å². The lowest BCUT2D eigenvalue weighted by Crippen LogP contribution is -2.38.